The normalized spacial score (nSPS) is 12.0. The van der Waals surface area contributed by atoms with Crippen LogP contribution in [0, 0.1) is 6.92 Å². The van der Waals surface area contributed by atoms with Gasteiger partial charge in [-0.1, -0.05) is 35.3 Å². The topological polar surface area (TPSA) is 33.2 Å². The van der Waals surface area contributed by atoms with E-state index in [1.54, 1.807) is 24.1 Å². The van der Waals surface area contributed by atoms with E-state index >= 15 is 0 Å². The van der Waals surface area contributed by atoms with Crippen LogP contribution >= 0.6 is 23.2 Å². The number of rotatable bonds is 3. The zero-order chi connectivity index (χ0) is 15.6. The van der Waals surface area contributed by atoms with E-state index < -0.39 is 0 Å². The molecule has 1 amide bonds. The van der Waals surface area contributed by atoms with Gasteiger partial charge in [0.25, 0.3) is 5.91 Å². The van der Waals surface area contributed by atoms with E-state index in [0.717, 1.165) is 11.3 Å². The molecule has 0 saturated heterocycles. The number of hydrogen-bond acceptors (Lipinski definition) is 2. The highest BCUT2D eigenvalue weighted by Gasteiger charge is 2.19. The van der Waals surface area contributed by atoms with Crippen LogP contribution in [0.15, 0.2) is 36.4 Å². The van der Waals surface area contributed by atoms with E-state index in [1.807, 2.05) is 38.1 Å². The fourth-order valence-electron chi connectivity index (χ4n) is 2.12. The van der Waals surface area contributed by atoms with Crippen molar-refractivity contribution < 1.29 is 4.79 Å². The maximum absolute atomic E-state index is 12.6. The molecule has 1 aromatic carbocycles. The van der Waals surface area contributed by atoms with E-state index in [-0.39, 0.29) is 11.9 Å². The van der Waals surface area contributed by atoms with Gasteiger partial charge in [0, 0.05) is 23.3 Å². The number of carbonyl (C=O) groups excluding carboxylic acids is 1. The van der Waals surface area contributed by atoms with Gasteiger partial charge in [0.2, 0.25) is 0 Å². The molecule has 1 unspecified atom stereocenters. The van der Waals surface area contributed by atoms with E-state index in [9.17, 15) is 4.79 Å². The lowest BCUT2D eigenvalue weighted by molar-refractivity contribution is 0.0742. The fraction of sp³-hybridized carbons (Fsp3) is 0.250. The summed E-state index contributed by atoms with van der Waals surface area (Å²) in [6, 6.07) is 10.7. The Morgan fingerprint density at radius 1 is 1.24 bits per heavy atom. The number of carbonyl (C=O) groups is 1. The highest BCUT2D eigenvalue weighted by Crippen LogP contribution is 2.24. The van der Waals surface area contributed by atoms with Crippen molar-refractivity contribution in [2.75, 3.05) is 7.05 Å². The summed E-state index contributed by atoms with van der Waals surface area (Å²) in [6.45, 7) is 3.77. The Morgan fingerprint density at radius 3 is 2.57 bits per heavy atom. The molecule has 0 aliphatic rings. The van der Waals surface area contributed by atoms with E-state index in [4.69, 9.17) is 23.2 Å². The second-order valence-corrected chi connectivity index (χ2v) is 5.79. The Balaban J connectivity index is 2.26. The Morgan fingerprint density at radius 2 is 1.95 bits per heavy atom. The third-order valence-electron chi connectivity index (χ3n) is 3.40. The van der Waals surface area contributed by atoms with Crippen LogP contribution in [0.2, 0.25) is 10.2 Å². The van der Waals surface area contributed by atoms with Crippen LogP contribution in [0.25, 0.3) is 0 Å². The smallest absolute Gasteiger partial charge is 0.254 e. The van der Waals surface area contributed by atoms with Gasteiger partial charge in [0.15, 0.2) is 0 Å². The van der Waals surface area contributed by atoms with Gasteiger partial charge < -0.3 is 4.90 Å². The molecule has 0 radical (unpaired) electrons. The van der Waals surface area contributed by atoms with Gasteiger partial charge >= 0.3 is 0 Å². The number of nitrogens with zero attached hydrogens (tertiary/aromatic N) is 2. The number of halogens is 2. The molecule has 0 spiro atoms. The molecule has 2 rings (SSSR count). The van der Waals surface area contributed by atoms with Crippen molar-refractivity contribution in [1.29, 1.82) is 0 Å². The number of hydrogen-bond donors (Lipinski definition) is 0. The fourth-order valence-corrected chi connectivity index (χ4v) is 2.57. The molecular weight excluding hydrogens is 307 g/mol. The summed E-state index contributed by atoms with van der Waals surface area (Å²) in [5, 5.41) is 0.977. The van der Waals surface area contributed by atoms with Crippen LogP contribution < -0.4 is 0 Å². The standard InChI is InChI=1S/C16H16Cl2N2O/c1-10-7-13(9-15(18)19-10)16(21)20(3)11(2)12-5-4-6-14(17)8-12/h4-9,11H,1-3H3. The molecule has 21 heavy (non-hydrogen) atoms. The molecule has 110 valence electrons. The molecular formula is C16H16Cl2N2O. The minimum absolute atomic E-state index is 0.0940. The van der Waals surface area contributed by atoms with Crippen molar-refractivity contribution in [2.45, 2.75) is 19.9 Å². The lowest BCUT2D eigenvalue weighted by Gasteiger charge is -2.25. The molecule has 0 aliphatic carbocycles. The Hall–Kier alpha value is -1.58. The Kier molecular flexibility index (Phi) is 4.86. The molecule has 1 atom stereocenters. The van der Waals surface area contributed by atoms with Gasteiger partial charge in [-0.05, 0) is 43.7 Å². The quantitative estimate of drug-likeness (QED) is 0.778. The minimum atomic E-state index is -0.102. The summed E-state index contributed by atoms with van der Waals surface area (Å²) in [6.07, 6.45) is 0. The molecule has 5 heteroatoms. The largest absolute Gasteiger partial charge is 0.335 e. The predicted octanol–water partition coefficient (Wildman–Crippen LogP) is 4.53. The molecule has 1 aromatic heterocycles. The van der Waals surface area contributed by atoms with Crippen LogP contribution in [-0.2, 0) is 0 Å². The highest BCUT2D eigenvalue weighted by atomic mass is 35.5. The summed E-state index contributed by atoms with van der Waals surface area (Å²) in [5.41, 5.74) is 2.23. The molecule has 0 N–H and O–H groups in total. The van der Waals surface area contributed by atoms with Crippen LogP contribution in [-0.4, -0.2) is 22.8 Å². The van der Waals surface area contributed by atoms with Crippen molar-refractivity contribution >= 4 is 29.1 Å². The van der Waals surface area contributed by atoms with Gasteiger partial charge in [-0.2, -0.15) is 0 Å². The predicted molar refractivity (Wildman–Crippen MR) is 85.9 cm³/mol. The zero-order valence-electron chi connectivity index (χ0n) is 12.1. The number of aryl methyl sites for hydroxylation is 1. The monoisotopic (exact) mass is 322 g/mol. The van der Waals surface area contributed by atoms with Gasteiger partial charge in [0.05, 0.1) is 6.04 Å². The molecule has 1 heterocycles. The number of pyridine rings is 1. The summed E-state index contributed by atoms with van der Waals surface area (Å²) in [7, 11) is 1.76. The summed E-state index contributed by atoms with van der Waals surface area (Å²) >= 11 is 11.9. The summed E-state index contributed by atoms with van der Waals surface area (Å²) in [4.78, 5) is 18.3. The van der Waals surface area contributed by atoms with Crippen molar-refractivity contribution in [3.63, 3.8) is 0 Å². The maximum Gasteiger partial charge on any atom is 0.254 e. The van der Waals surface area contributed by atoms with Crippen molar-refractivity contribution in [1.82, 2.24) is 9.88 Å². The molecule has 2 aromatic rings. The van der Waals surface area contributed by atoms with E-state index in [2.05, 4.69) is 4.98 Å². The Labute approximate surface area is 134 Å². The van der Waals surface area contributed by atoms with Crippen molar-refractivity contribution in [3.8, 4) is 0 Å². The zero-order valence-corrected chi connectivity index (χ0v) is 13.6. The molecule has 0 fully saturated rings. The van der Waals surface area contributed by atoms with Crippen LogP contribution in [0.3, 0.4) is 0 Å². The maximum atomic E-state index is 12.6. The highest BCUT2D eigenvalue weighted by molar-refractivity contribution is 6.30. The first-order valence-corrected chi connectivity index (χ1v) is 7.31. The summed E-state index contributed by atoms with van der Waals surface area (Å²) < 4.78 is 0. The number of benzene rings is 1. The average molecular weight is 323 g/mol. The van der Waals surface area contributed by atoms with Gasteiger partial charge in [-0.15, -0.1) is 0 Å². The number of aromatic nitrogens is 1. The second kappa shape index (κ2) is 6.46. The van der Waals surface area contributed by atoms with Crippen molar-refractivity contribution in [3.05, 3.63) is 63.4 Å². The van der Waals surface area contributed by atoms with Crippen LogP contribution in [0.4, 0.5) is 0 Å². The third kappa shape index (κ3) is 3.74. The van der Waals surface area contributed by atoms with Crippen molar-refractivity contribution in [2.24, 2.45) is 0 Å². The van der Waals surface area contributed by atoms with E-state index in [0.29, 0.717) is 15.7 Å². The number of amides is 1. The van der Waals surface area contributed by atoms with Crippen LogP contribution in [0.5, 0.6) is 0 Å². The minimum Gasteiger partial charge on any atom is -0.335 e. The SMILES string of the molecule is Cc1cc(C(=O)N(C)C(C)c2cccc(Cl)c2)cc(Cl)n1. The lowest BCUT2D eigenvalue weighted by atomic mass is 10.1. The molecule has 0 saturated carbocycles. The summed E-state index contributed by atoms with van der Waals surface area (Å²) in [5.74, 6) is -0.102. The third-order valence-corrected chi connectivity index (χ3v) is 3.83. The molecule has 3 nitrogen and oxygen atoms in total. The second-order valence-electron chi connectivity index (χ2n) is 4.97. The first-order valence-electron chi connectivity index (χ1n) is 6.55. The van der Waals surface area contributed by atoms with Gasteiger partial charge in [-0.3, -0.25) is 4.79 Å². The van der Waals surface area contributed by atoms with Crippen LogP contribution in [0.1, 0.15) is 34.6 Å². The van der Waals surface area contributed by atoms with Gasteiger partial charge in [0.1, 0.15) is 5.15 Å². The first kappa shape index (κ1) is 15.8. The lowest BCUT2D eigenvalue weighted by Crippen LogP contribution is -2.29. The van der Waals surface area contributed by atoms with Gasteiger partial charge in [-0.25, -0.2) is 4.98 Å². The average Bonchev–Trinajstić information content (AvgIpc) is 2.44. The van der Waals surface area contributed by atoms with E-state index in [1.165, 1.54) is 0 Å². The first-order chi connectivity index (χ1) is 9.88. The molecule has 0 aliphatic heterocycles. The Bertz CT molecular complexity index is 653. The molecule has 0 bridgehead atoms.